The topological polar surface area (TPSA) is 72.9 Å². The van der Waals surface area contributed by atoms with Gasteiger partial charge in [0.1, 0.15) is 5.82 Å². The minimum Gasteiger partial charge on any atom is -0.346 e. The fraction of sp³-hybridized carbons (Fsp3) is 0.529. The third-order valence-corrected chi connectivity index (χ3v) is 3.73. The summed E-state index contributed by atoms with van der Waals surface area (Å²) >= 11 is 0. The van der Waals surface area contributed by atoms with Crippen molar-refractivity contribution in [3.8, 4) is 0 Å². The third kappa shape index (κ3) is 3.65. The van der Waals surface area contributed by atoms with E-state index in [1.807, 2.05) is 32.0 Å². The molecule has 1 aromatic carbocycles. The standard InChI is InChI=1S/C17H26N4O/c1-11(2)21-15-8-6-5-7-14(15)20-17(21)13(4)19-16(22)10-9-12(3)18/h5-8,11-13H,9-10,18H2,1-4H3,(H,19,22). The molecule has 2 unspecified atom stereocenters. The second-order valence-electron chi connectivity index (χ2n) is 6.23. The molecule has 2 atom stereocenters. The van der Waals surface area contributed by atoms with Gasteiger partial charge in [-0.3, -0.25) is 4.79 Å². The molecule has 0 radical (unpaired) electrons. The minimum atomic E-state index is -0.129. The summed E-state index contributed by atoms with van der Waals surface area (Å²) in [6.45, 7) is 8.14. The quantitative estimate of drug-likeness (QED) is 0.861. The zero-order valence-corrected chi connectivity index (χ0v) is 13.8. The third-order valence-electron chi connectivity index (χ3n) is 3.73. The second-order valence-corrected chi connectivity index (χ2v) is 6.23. The molecule has 2 rings (SSSR count). The number of benzene rings is 1. The van der Waals surface area contributed by atoms with Crippen LogP contribution in [0.5, 0.6) is 0 Å². The average molecular weight is 302 g/mol. The summed E-state index contributed by atoms with van der Waals surface area (Å²) in [6, 6.07) is 8.26. The monoisotopic (exact) mass is 302 g/mol. The Morgan fingerprint density at radius 3 is 2.59 bits per heavy atom. The molecule has 0 aliphatic carbocycles. The molecule has 1 amide bonds. The Morgan fingerprint density at radius 2 is 1.95 bits per heavy atom. The predicted octanol–water partition coefficient (Wildman–Crippen LogP) is 2.92. The van der Waals surface area contributed by atoms with Crippen LogP contribution in [0, 0.1) is 0 Å². The van der Waals surface area contributed by atoms with Gasteiger partial charge in [-0.05, 0) is 46.2 Å². The highest BCUT2D eigenvalue weighted by molar-refractivity contribution is 5.78. The van der Waals surface area contributed by atoms with Gasteiger partial charge in [0.15, 0.2) is 0 Å². The van der Waals surface area contributed by atoms with Gasteiger partial charge in [-0.15, -0.1) is 0 Å². The van der Waals surface area contributed by atoms with Gasteiger partial charge in [0.05, 0.1) is 17.1 Å². The number of para-hydroxylation sites is 2. The second kappa shape index (κ2) is 6.92. The molecule has 22 heavy (non-hydrogen) atoms. The molecule has 1 aromatic heterocycles. The first-order valence-corrected chi connectivity index (χ1v) is 7.92. The van der Waals surface area contributed by atoms with E-state index in [0.29, 0.717) is 12.8 Å². The molecule has 0 saturated carbocycles. The Labute approximate surface area is 131 Å². The number of rotatable bonds is 6. The van der Waals surface area contributed by atoms with Crippen LogP contribution in [0.15, 0.2) is 24.3 Å². The van der Waals surface area contributed by atoms with Crippen molar-refractivity contribution >= 4 is 16.9 Å². The highest BCUT2D eigenvalue weighted by Crippen LogP contribution is 2.24. The van der Waals surface area contributed by atoms with E-state index in [1.165, 1.54) is 0 Å². The molecule has 0 aliphatic rings. The molecule has 0 aliphatic heterocycles. The van der Waals surface area contributed by atoms with Crippen molar-refractivity contribution in [1.82, 2.24) is 14.9 Å². The van der Waals surface area contributed by atoms with Gasteiger partial charge >= 0.3 is 0 Å². The van der Waals surface area contributed by atoms with E-state index >= 15 is 0 Å². The van der Waals surface area contributed by atoms with Crippen molar-refractivity contribution in [2.45, 2.75) is 58.7 Å². The van der Waals surface area contributed by atoms with E-state index in [-0.39, 0.29) is 24.0 Å². The summed E-state index contributed by atoms with van der Waals surface area (Å²) in [5, 5.41) is 3.03. The van der Waals surface area contributed by atoms with Crippen LogP contribution in [0.4, 0.5) is 0 Å². The minimum absolute atomic E-state index is 0.0205. The van der Waals surface area contributed by atoms with Gasteiger partial charge in [0.2, 0.25) is 5.91 Å². The van der Waals surface area contributed by atoms with Gasteiger partial charge < -0.3 is 15.6 Å². The van der Waals surface area contributed by atoms with Gasteiger partial charge in [-0.25, -0.2) is 4.98 Å². The van der Waals surface area contributed by atoms with E-state index in [9.17, 15) is 4.79 Å². The molecule has 0 spiro atoms. The van der Waals surface area contributed by atoms with Crippen molar-refractivity contribution in [3.05, 3.63) is 30.1 Å². The van der Waals surface area contributed by atoms with E-state index in [2.05, 4.69) is 29.8 Å². The van der Waals surface area contributed by atoms with Crippen LogP contribution in [0.3, 0.4) is 0 Å². The zero-order valence-electron chi connectivity index (χ0n) is 13.8. The van der Waals surface area contributed by atoms with Crippen molar-refractivity contribution in [2.75, 3.05) is 0 Å². The maximum atomic E-state index is 12.0. The molecular formula is C17H26N4O. The van der Waals surface area contributed by atoms with Gasteiger partial charge in [0.25, 0.3) is 0 Å². The van der Waals surface area contributed by atoms with Gasteiger partial charge in [-0.2, -0.15) is 0 Å². The lowest BCUT2D eigenvalue weighted by Gasteiger charge is -2.19. The molecule has 3 N–H and O–H groups in total. The number of fused-ring (bicyclic) bond motifs is 1. The highest BCUT2D eigenvalue weighted by Gasteiger charge is 2.19. The summed E-state index contributed by atoms with van der Waals surface area (Å²) in [5.41, 5.74) is 7.76. The summed E-state index contributed by atoms with van der Waals surface area (Å²) in [6.07, 6.45) is 1.14. The Morgan fingerprint density at radius 1 is 1.27 bits per heavy atom. The van der Waals surface area contributed by atoms with Crippen LogP contribution in [0.25, 0.3) is 11.0 Å². The van der Waals surface area contributed by atoms with Crippen molar-refractivity contribution in [2.24, 2.45) is 5.73 Å². The number of nitrogens with zero attached hydrogens (tertiary/aromatic N) is 2. The highest BCUT2D eigenvalue weighted by atomic mass is 16.1. The molecule has 5 nitrogen and oxygen atoms in total. The molecule has 0 fully saturated rings. The van der Waals surface area contributed by atoms with E-state index in [1.54, 1.807) is 0 Å². The van der Waals surface area contributed by atoms with E-state index in [4.69, 9.17) is 10.7 Å². The first-order chi connectivity index (χ1) is 10.4. The summed E-state index contributed by atoms with van der Waals surface area (Å²) in [7, 11) is 0. The van der Waals surface area contributed by atoms with Crippen LogP contribution >= 0.6 is 0 Å². The van der Waals surface area contributed by atoms with E-state index < -0.39 is 0 Å². The van der Waals surface area contributed by atoms with E-state index in [0.717, 1.165) is 16.9 Å². The number of imidazole rings is 1. The van der Waals surface area contributed by atoms with Crippen LogP contribution in [0.1, 0.15) is 58.4 Å². The number of hydrogen-bond donors (Lipinski definition) is 2. The number of carbonyl (C=O) groups excluding carboxylic acids is 1. The van der Waals surface area contributed by atoms with Crippen molar-refractivity contribution in [1.29, 1.82) is 0 Å². The fourth-order valence-corrected chi connectivity index (χ4v) is 2.65. The Kier molecular flexibility index (Phi) is 5.19. The van der Waals surface area contributed by atoms with Crippen molar-refractivity contribution < 1.29 is 4.79 Å². The predicted molar refractivity (Wildman–Crippen MR) is 89.6 cm³/mol. The summed E-state index contributed by atoms with van der Waals surface area (Å²) < 4.78 is 2.19. The maximum absolute atomic E-state index is 12.0. The lowest BCUT2D eigenvalue weighted by molar-refractivity contribution is -0.122. The number of nitrogens with two attached hydrogens (primary N) is 1. The first-order valence-electron chi connectivity index (χ1n) is 7.92. The van der Waals surface area contributed by atoms with Gasteiger partial charge in [-0.1, -0.05) is 12.1 Å². The van der Waals surface area contributed by atoms with Crippen LogP contribution in [0.2, 0.25) is 0 Å². The Bertz CT molecular complexity index is 645. The Hall–Kier alpha value is -1.88. The molecule has 5 heteroatoms. The number of amides is 1. The van der Waals surface area contributed by atoms with Crippen LogP contribution in [-0.2, 0) is 4.79 Å². The number of hydrogen-bond acceptors (Lipinski definition) is 3. The average Bonchev–Trinajstić information content (AvgIpc) is 2.84. The smallest absolute Gasteiger partial charge is 0.220 e. The van der Waals surface area contributed by atoms with Crippen molar-refractivity contribution in [3.63, 3.8) is 0 Å². The Balaban J connectivity index is 2.22. The molecule has 1 heterocycles. The van der Waals surface area contributed by atoms with Gasteiger partial charge in [0, 0.05) is 18.5 Å². The van der Waals surface area contributed by atoms with Crippen LogP contribution in [-0.4, -0.2) is 21.5 Å². The largest absolute Gasteiger partial charge is 0.346 e. The SMILES string of the molecule is CC(N)CCC(=O)NC(C)c1nc2ccccc2n1C(C)C. The summed E-state index contributed by atoms with van der Waals surface area (Å²) in [5.74, 6) is 0.914. The molecular weight excluding hydrogens is 276 g/mol. The zero-order chi connectivity index (χ0) is 16.3. The number of nitrogens with one attached hydrogen (secondary N) is 1. The number of aromatic nitrogens is 2. The first kappa shape index (κ1) is 16.5. The summed E-state index contributed by atoms with van der Waals surface area (Å²) in [4.78, 5) is 16.7. The normalized spacial score (nSPS) is 14.3. The molecule has 0 bridgehead atoms. The number of carbonyl (C=O) groups is 1. The fourth-order valence-electron chi connectivity index (χ4n) is 2.65. The maximum Gasteiger partial charge on any atom is 0.220 e. The molecule has 0 saturated heterocycles. The van der Waals surface area contributed by atoms with Crippen LogP contribution < -0.4 is 11.1 Å². The molecule has 2 aromatic rings. The lowest BCUT2D eigenvalue weighted by atomic mass is 10.2. The lowest BCUT2D eigenvalue weighted by Crippen LogP contribution is -2.30. The molecule has 120 valence electrons.